The Morgan fingerprint density at radius 3 is 2.87 bits per heavy atom. The van der Waals surface area contributed by atoms with Gasteiger partial charge in [0.1, 0.15) is 0 Å². The van der Waals surface area contributed by atoms with Crippen molar-refractivity contribution in [2.75, 3.05) is 18.6 Å². The zero-order chi connectivity index (χ0) is 10.8. The molecule has 0 saturated heterocycles. The first-order valence-corrected chi connectivity index (χ1v) is 7.72. The summed E-state index contributed by atoms with van der Waals surface area (Å²) in [6.07, 6.45) is 16.4. The molecule has 0 aromatic carbocycles. The van der Waals surface area contributed by atoms with E-state index in [1.54, 1.807) is 0 Å². The second kappa shape index (κ2) is 9.29. The molecule has 0 spiro atoms. The average Bonchev–Trinajstić information content (AvgIpc) is 2.29. The Bertz CT molecular complexity index is 168. The van der Waals surface area contributed by atoms with Gasteiger partial charge in [-0.1, -0.05) is 25.0 Å². The highest BCUT2D eigenvalue weighted by Gasteiger charge is 2.05. The van der Waals surface area contributed by atoms with Crippen molar-refractivity contribution in [2.45, 2.75) is 51.0 Å². The second-order valence-corrected chi connectivity index (χ2v) is 5.31. The van der Waals surface area contributed by atoms with E-state index in [0.717, 1.165) is 0 Å². The molecule has 0 bridgehead atoms. The molecule has 88 valence electrons. The Kier molecular flexibility index (Phi) is 8.12. The smallest absolute Gasteiger partial charge is 0.0250 e. The van der Waals surface area contributed by atoms with Crippen LogP contribution in [0.25, 0.3) is 0 Å². The first-order chi connectivity index (χ1) is 7.43. The highest BCUT2D eigenvalue weighted by molar-refractivity contribution is 7.98. The number of allylic oxidation sites excluding steroid dienone is 1. The zero-order valence-corrected chi connectivity index (χ0v) is 10.8. The normalized spacial score (nSPS) is 20.7. The molecular weight excluding hydrogens is 202 g/mol. The Labute approximate surface area is 99.1 Å². The molecule has 15 heavy (non-hydrogen) atoms. The fraction of sp³-hybridized carbons (Fsp3) is 0.846. The van der Waals surface area contributed by atoms with Gasteiger partial charge in [0, 0.05) is 6.04 Å². The van der Waals surface area contributed by atoms with E-state index >= 15 is 0 Å². The molecule has 0 aliphatic heterocycles. The van der Waals surface area contributed by atoms with Crippen LogP contribution in [0.1, 0.15) is 44.9 Å². The van der Waals surface area contributed by atoms with Crippen LogP contribution in [0.3, 0.4) is 0 Å². The van der Waals surface area contributed by atoms with Gasteiger partial charge in [0.25, 0.3) is 0 Å². The monoisotopic (exact) mass is 227 g/mol. The van der Waals surface area contributed by atoms with Gasteiger partial charge in [0.2, 0.25) is 0 Å². The van der Waals surface area contributed by atoms with Gasteiger partial charge in [0.05, 0.1) is 0 Å². The third-order valence-electron chi connectivity index (χ3n) is 2.94. The summed E-state index contributed by atoms with van der Waals surface area (Å²) < 4.78 is 0. The van der Waals surface area contributed by atoms with Gasteiger partial charge in [0.15, 0.2) is 0 Å². The van der Waals surface area contributed by atoms with Crippen LogP contribution in [0.2, 0.25) is 0 Å². The lowest BCUT2D eigenvalue weighted by molar-refractivity contribution is 0.504. The molecule has 1 unspecified atom stereocenters. The van der Waals surface area contributed by atoms with Crippen molar-refractivity contribution in [3.8, 4) is 0 Å². The standard InChI is InChI=1S/C13H25NS/c1-15-12-8-3-2-7-11-14-13-9-5-4-6-10-13/h5,9,13-14H,2-4,6-8,10-12H2,1H3. The van der Waals surface area contributed by atoms with Crippen LogP contribution in [0.4, 0.5) is 0 Å². The molecule has 1 atom stereocenters. The van der Waals surface area contributed by atoms with Crippen LogP contribution in [0.15, 0.2) is 12.2 Å². The van der Waals surface area contributed by atoms with Gasteiger partial charge < -0.3 is 5.32 Å². The van der Waals surface area contributed by atoms with Crippen LogP contribution < -0.4 is 5.32 Å². The van der Waals surface area contributed by atoms with Crippen LogP contribution >= 0.6 is 11.8 Å². The fourth-order valence-electron chi connectivity index (χ4n) is 1.99. The Morgan fingerprint density at radius 2 is 2.13 bits per heavy atom. The Morgan fingerprint density at radius 1 is 1.27 bits per heavy atom. The Balaban J connectivity index is 1.84. The van der Waals surface area contributed by atoms with Gasteiger partial charge in [-0.25, -0.2) is 0 Å². The largest absolute Gasteiger partial charge is 0.311 e. The molecule has 1 rings (SSSR count). The predicted octanol–water partition coefficient (Wildman–Crippen LogP) is 3.61. The van der Waals surface area contributed by atoms with E-state index in [1.165, 1.54) is 57.2 Å². The van der Waals surface area contributed by atoms with Crippen molar-refractivity contribution in [1.82, 2.24) is 5.32 Å². The molecule has 0 aromatic heterocycles. The minimum absolute atomic E-state index is 0.671. The van der Waals surface area contributed by atoms with Crippen LogP contribution in [-0.2, 0) is 0 Å². The van der Waals surface area contributed by atoms with E-state index in [0.29, 0.717) is 6.04 Å². The number of unbranched alkanes of at least 4 members (excludes halogenated alkanes) is 3. The average molecular weight is 227 g/mol. The van der Waals surface area contributed by atoms with Crippen molar-refractivity contribution in [3.63, 3.8) is 0 Å². The lowest BCUT2D eigenvalue weighted by Crippen LogP contribution is -2.29. The van der Waals surface area contributed by atoms with Crippen molar-refractivity contribution in [3.05, 3.63) is 12.2 Å². The quantitative estimate of drug-likeness (QED) is 0.502. The van der Waals surface area contributed by atoms with E-state index < -0.39 is 0 Å². The molecule has 0 aromatic rings. The molecule has 2 heteroatoms. The van der Waals surface area contributed by atoms with E-state index in [4.69, 9.17) is 0 Å². The van der Waals surface area contributed by atoms with E-state index in [9.17, 15) is 0 Å². The molecule has 1 N–H and O–H groups in total. The first-order valence-electron chi connectivity index (χ1n) is 6.32. The maximum Gasteiger partial charge on any atom is 0.0250 e. The molecule has 1 aliphatic carbocycles. The van der Waals surface area contributed by atoms with Gasteiger partial charge in [-0.2, -0.15) is 11.8 Å². The van der Waals surface area contributed by atoms with Crippen LogP contribution in [0.5, 0.6) is 0 Å². The molecule has 0 fully saturated rings. The van der Waals surface area contributed by atoms with E-state index in [1.807, 2.05) is 11.8 Å². The van der Waals surface area contributed by atoms with Gasteiger partial charge in [-0.05, 0) is 50.7 Å². The summed E-state index contributed by atoms with van der Waals surface area (Å²) in [6, 6.07) is 0.671. The molecule has 0 saturated carbocycles. The van der Waals surface area contributed by atoms with E-state index in [-0.39, 0.29) is 0 Å². The van der Waals surface area contributed by atoms with Crippen LogP contribution in [-0.4, -0.2) is 24.6 Å². The third kappa shape index (κ3) is 7.02. The number of thioether (sulfide) groups is 1. The highest BCUT2D eigenvalue weighted by Crippen LogP contribution is 2.10. The molecule has 0 heterocycles. The van der Waals surface area contributed by atoms with Crippen molar-refractivity contribution < 1.29 is 0 Å². The molecule has 1 nitrogen and oxygen atoms in total. The summed E-state index contributed by atoms with van der Waals surface area (Å²) in [5, 5.41) is 3.62. The van der Waals surface area contributed by atoms with Crippen LogP contribution in [0, 0.1) is 0 Å². The lowest BCUT2D eigenvalue weighted by atomic mass is 10.0. The summed E-state index contributed by atoms with van der Waals surface area (Å²) in [5.41, 5.74) is 0. The minimum atomic E-state index is 0.671. The lowest BCUT2D eigenvalue weighted by Gasteiger charge is -2.17. The maximum absolute atomic E-state index is 3.62. The predicted molar refractivity (Wildman–Crippen MR) is 71.6 cm³/mol. The summed E-state index contributed by atoms with van der Waals surface area (Å²) >= 11 is 1.96. The molecule has 1 aliphatic rings. The fourth-order valence-corrected chi connectivity index (χ4v) is 2.49. The summed E-state index contributed by atoms with van der Waals surface area (Å²) in [7, 11) is 0. The van der Waals surface area contributed by atoms with Crippen molar-refractivity contribution in [1.29, 1.82) is 0 Å². The minimum Gasteiger partial charge on any atom is -0.311 e. The number of hydrogen-bond acceptors (Lipinski definition) is 2. The van der Waals surface area contributed by atoms with E-state index in [2.05, 4.69) is 23.7 Å². The summed E-state index contributed by atoms with van der Waals surface area (Å²) in [5.74, 6) is 1.33. The number of hydrogen-bond donors (Lipinski definition) is 1. The van der Waals surface area contributed by atoms with Gasteiger partial charge in [-0.3, -0.25) is 0 Å². The van der Waals surface area contributed by atoms with Gasteiger partial charge >= 0.3 is 0 Å². The third-order valence-corrected chi connectivity index (χ3v) is 3.63. The highest BCUT2D eigenvalue weighted by atomic mass is 32.2. The van der Waals surface area contributed by atoms with Gasteiger partial charge in [-0.15, -0.1) is 0 Å². The Hall–Kier alpha value is 0.0500. The second-order valence-electron chi connectivity index (χ2n) is 4.33. The zero-order valence-electron chi connectivity index (χ0n) is 10.0. The summed E-state index contributed by atoms with van der Waals surface area (Å²) in [4.78, 5) is 0. The SMILES string of the molecule is CSCCCCCCNC1C=CCCC1. The van der Waals surface area contributed by atoms with Crippen molar-refractivity contribution >= 4 is 11.8 Å². The molecular formula is C13H25NS. The molecule has 0 amide bonds. The molecule has 0 radical (unpaired) electrons. The number of nitrogens with one attached hydrogen (secondary N) is 1. The summed E-state index contributed by atoms with van der Waals surface area (Å²) in [6.45, 7) is 1.20. The topological polar surface area (TPSA) is 12.0 Å². The first kappa shape index (κ1) is 13.1. The van der Waals surface area contributed by atoms with Crippen molar-refractivity contribution in [2.24, 2.45) is 0 Å². The number of rotatable bonds is 8. The maximum atomic E-state index is 3.62.